The summed E-state index contributed by atoms with van der Waals surface area (Å²) in [4.78, 5) is 11.9. The van der Waals surface area contributed by atoms with Crippen LogP contribution in [0, 0.1) is 0 Å². The number of para-hydroxylation sites is 2. The number of ether oxygens (including phenoxy) is 2. The fourth-order valence-corrected chi connectivity index (χ4v) is 2.82. The molecule has 0 bridgehead atoms. The van der Waals surface area contributed by atoms with Crippen LogP contribution < -0.4 is 14.9 Å². The molecule has 1 amide bonds. The Morgan fingerprint density at radius 2 is 1.86 bits per heavy atom. The molecule has 1 N–H and O–H groups in total. The molecule has 3 rings (SSSR count). The third-order valence-corrected chi connectivity index (χ3v) is 4.27. The summed E-state index contributed by atoms with van der Waals surface area (Å²) in [5, 5.41) is 4.94. The molecule has 0 aliphatic rings. The fourth-order valence-electron chi connectivity index (χ4n) is 2.44. The quantitative estimate of drug-likeness (QED) is 0.393. The molecule has 0 saturated carbocycles. The average Bonchev–Trinajstić information content (AvgIpc) is 3.18. The van der Waals surface area contributed by atoms with Crippen molar-refractivity contribution in [2.24, 2.45) is 5.10 Å². The lowest BCUT2D eigenvalue weighted by molar-refractivity contribution is -0.123. The molecule has 0 atom stereocenters. The average molecular weight is 433 g/mol. The van der Waals surface area contributed by atoms with Crippen molar-refractivity contribution >= 4 is 35.3 Å². The third kappa shape index (κ3) is 5.76. The molecule has 0 radical (unpaired) electrons. The molecule has 29 heavy (non-hydrogen) atoms. The fraction of sp³-hybridized carbons (Fsp3) is 0.143. The van der Waals surface area contributed by atoms with Gasteiger partial charge in [-0.25, -0.2) is 5.43 Å². The van der Waals surface area contributed by atoms with Gasteiger partial charge in [-0.3, -0.25) is 4.79 Å². The van der Waals surface area contributed by atoms with Gasteiger partial charge in [0.05, 0.1) is 17.8 Å². The number of hydrogen-bond acceptors (Lipinski definition) is 5. The van der Waals surface area contributed by atoms with Crippen LogP contribution in [0.15, 0.2) is 64.1 Å². The first-order valence-corrected chi connectivity index (χ1v) is 9.54. The lowest BCUT2D eigenvalue weighted by Crippen LogP contribution is -2.24. The zero-order chi connectivity index (χ0) is 20.6. The summed E-state index contributed by atoms with van der Waals surface area (Å²) in [6, 6.07) is 15.7. The van der Waals surface area contributed by atoms with Gasteiger partial charge in [0, 0.05) is 10.6 Å². The van der Waals surface area contributed by atoms with Crippen molar-refractivity contribution in [1.82, 2.24) is 5.43 Å². The van der Waals surface area contributed by atoms with Crippen LogP contribution in [0.1, 0.15) is 12.7 Å². The molecular weight excluding hydrogens is 415 g/mol. The second-order valence-corrected chi connectivity index (χ2v) is 6.63. The van der Waals surface area contributed by atoms with Crippen molar-refractivity contribution in [3.63, 3.8) is 0 Å². The molecule has 0 aliphatic carbocycles. The minimum atomic E-state index is -0.419. The van der Waals surface area contributed by atoms with E-state index in [0.717, 1.165) is 0 Å². The Morgan fingerprint density at radius 1 is 1.10 bits per heavy atom. The van der Waals surface area contributed by atoms with E-state index in [0.29, 0.717) is 45.2 Å². The maximum Gasteiger partial charge on any atom is 0.277 e. The highest BCUT2D eigenvalue weighted by Crippen LogP contribution is 2.31. The van der Waals surface area contributed by atoms with E-state index in [9.17, 15) is 4.79 Å². The number of furan rings is 1. The molecule has 2 aromatic carbocycles. The largest absolute Gasteiger partial charge is 0.490 e. The predicted octanol–water partition coefficient (Wildman–Crippen LogP) is 5.18. The van der Waals surface area contributed by atoms with Gasteiger partial charge in [0.1, 0.15) is 11.5 Å². The number of carbonyl (C=O) groups excluding carboxylic acids is 1. The van der Waals surface area contributed by atoms with Crippen LogP contribution in [0.4, 0.5) is 0 Å². The van der Waals surface area contributed by atoms with Crippen molar-refractivity contribution in [2.75, 3.05) is 13.2 Å². The third-order valence-electron chi connectivity index (χ3n) is 3.71. The van der Waals surface area contributed by atoms with E-state index >= 15 is 0 Å². The highest BCUT2D eigenvalue weighted by molar-refractivity contribution is 6.35. The van der Waals surface area contributed by atoms with Gasteiger partial charge in [-0.05, 0) is 49.4 Å². The van der Waals surface area contributed by atoms with Gasteiger partial charge in [-0.2, -0.15) is 5.10 Å². The number of nitrogens with zero attached hydrogens (tertiary/aromatic N) is 1. The van der Waals surface area contributed by atoms with Crippen molar-refractivity contribution in [1.29, 1.82) is 0 Å². The maximum atomic E-state index is 11.9. The lowest BCUT2D eigenvalue weighted by Gasteiger charge is -2.10. The summed E-state index contributed by atoms with van der Waals surface area (Å²) < 4.78 is 16.6. The lowest BCUT2D eigenvalue weighted by atomic mass is 10.2. The molecule has 6 nitrogen and oxygen atoms in total. The van der Waals surface area contributed by atoms with Gasteiger partial charge in [0.25, 0.3) is 5.91 Å². The standard InChI is InChI=1S/C21H18Cl2N2O4/c1-2-27-19-5-3-4-6-20(19)28-13-21(26)25-24-12-15-8-10-18(29-15)16-11-14(22)7-9-17(16)23/h3-12H,2,13H2,1H3,(H,25,26). The van der Waals surface area contributed by atoms with Crippen molar-refractivity contribution in [3.05, 3.63) is 70.4 Å². The van der Waals surface area contributed by atoms with Gasteiger partial charge in [0.15, 0.2) is 18.1 Å². The van der Waals surface area contributed by atoms with Gasteiger partial charge in [-0.1, -0.05) is 35.3 Å². The Hall–Kier alpha value is -2.96. The molecule has 1 aromatic heterocycles. The summed E-state index contributed by atoms with van der Waals surface area (Å²) in [6.45, 7) is 2.17. The summed E-state index contributed by atoms with van der Waals surface area (Å²) >= 11 is 12.2. The van der Waals surface area contributed by atoms with E-state index in [-0.39, 0.29) is 6.61 Å². The first kappa shape index (κ1) is 20.8. The molecular formula is C21H18Cl2N2O4. The van der Waals surface area contributed by atoms with Crippen LogP contribution in [0.3, 0.4) is 0 Å². The Bertz CT molecular complexity index is 1020. The second-order valence-electron chi connectivity index (χ2n) is 5.79. The number of halogens is 2. The monoisotopic (exact) mass is 432 g/mol. The smallest absolute Gasteiger partial charge is 0.277 e. The molecule has 3 aromatic rings. The van der Waals surface area contributed by atoms with Gasteiger partial charge in [-0.15, -0.1) is 0 Å². The van der Waals surface area contributed by atoms with Gasteiger partial charge >= 0.3 is 0 Å². The normalized spacial score (nSPS) is 10.9. The Balaban J connectivity index is 1.55. The van der Waals surface area contributed by atoms with Crippen LogP contribution >= 0.6 is 23.2 Å². The maximum absolute atomic E-state index is 11.9. The molecule has 1 heterocycles. The Morgan fingerprint density at radius 3 is 2.62 bits per heavy atom. The SMILES string of the molecule is CCOc1ccccc1OCC(=O)NN=Cc1ccc(-c2cc(Cl)ccc2Cl)o1. The molecule has 0 unspecified atom stereocenters. The number of nitrogens with one attached hydrogen (secondary N) is 1. The number of hydrogen-bond donors (Lipinski definition) is 1. The van der Waals surface area contributed by atoms with E-state index in [1.165, 1.54) is 6.21 Å². The van der Waals surface area contributed by atoms with E-state index in [1.807, 2.05) is 13.0 Å². The predicted molar refractivity (Wildman–Crippen MR) is 113 cm³/mol. The topological polar surface area (TPSA) is 73.1 Å². The first-order valence-electron chi connectivity index (χ1n) is 8.78. The van der Waals surface area contributed by atoms with E-state index in [1.54, 1.807) is 48.5 Å². The van der Waals surface area contributed by atoms with Crippen molar-refractivity contribution in [2.45, 2.75) is 6.92 Å². The summed E-state index contributed by atoms with van der Waals surface area (Å²) in [6.07, 6.45) is 1.38. The summed E-state index contributed by atoms with van der Waals surface area (Å²) in [7, 11) is 0. The number of rotatable bonds is 8. The molecule has 0 fully saturated rings. The van der Waals surface area contributed by atoms with Crippen LogP contribution in [0.5, 0.6) is 11.5 Å². The van der Waals surface area contributed by atoms with Crippen LogP contribution in [0.25, 0.3) is 11.3 Å². The Kier molecular flexibility index (Phi) is 7.16. The highest BCUT2D eigenvalue weighted by atomic mass is 35.5. The zero-order valence-corrected chi connectivity index (χ0v) is 17.0. The van der Waals surface area contributed by atoms with Crippen LogP contribution in [0.2, 0.25) is 10.0 Å². The minimum absolute atomic E-state index is 0.205. The zero-order valence-electron chi connectivity index (χ0n) is 15.5. The van der Waals surface area contributed by atoms with Gasteiger partial charge in [0.2, 0.25) is 0 Å². The Labute approximate surface area is 178 Å². The molecule has 0 aliphatic heterocycles. The first-order chi connectivity index (χ1) is 14.1. The highest BCUT2D eigenvalue weighted by Gasteiger charge is 2.09. The molecule has 150 valence electrons. The minimum Gasteiger partial charge on any atom is -0.490 e. The molecule has 0 saturated heterocycles. The number of hydrazone groups is 1. The number of benzene rings is 2. The number of carbonyl (C=O) groups is 1. The van der Waals surface area contributed by atoms with Crippen molar-refractivity contribution in [3.8, 4) is 22.8 Å². The molecule has 0 spiro atoms. The summed E-state index contributed by atoms with van der Waals surface area (Å²) in [5.41, 5.74) is 3.05. The number of amides is 1. The van der Waals surface area contributed by atoms with Crippen LogP contribution in [-0.4, -0.2) is 25.3 Å². The van der Waals surface area contributed by atoms with Crippen LogP contribution in [-0.2, 0) is 4.79 Å². The van der Waals surface area contributed by atoms with E-state index in [4.69, 9.17) is 37.1 Å². The van der Waals surface area contributed by atoms with Gasteiger partial charge < -0.3 is 13.9 Å². The van der Waals surface area contributed by atoms with E-state index in [2.05, 4.69) is 10.5 Å². The van der Waals surface area contributed by atoms with Crippen molar-refractivity contribution < 1.29 is 18.7 Å². The summed E-state index contributed by atoms with van der Waals surface area (Å²) in [5.74, 6) is 1.63. The van der Waals surface area contributed by atoms with E-state index < -0.39 is 5.91 Å². The molecule has 8 heteroatoms. The second kappa shape index (κ2) is 10.0.